The highest BCUT2D eigenvalue weighted by Crippen LogP contribution is 2.44. The minimum atomic E-state index is -3.68. The second-order valence-electron chi connectivity index (χ2n) is 8.30. The highest BCUT2D eigenvalue weighted by Gasteiger charge is 2.45. The van der Waals surface area contributed by atoms with Crippen LogP contribution in [0.4, 0.5) is 5.82 Å². The Morgan fingerprint density at radius 2 is 1.72 bits per heavy atom. The van der Waals surface area contributed by atoms with Crippen molar-refractivity contribution < 1.29 is 8.42 Å². The van der Waals surface area contributed by atoms with Gasteiger partial charge in [-0.15, -0.1) is 0 Å². The molecule has 4 rings (SSSR count). The smallest absolute Gasteiger partial charge is 0.249 e. The predicted octanol–water partition coefficient (Wildman–Crippen LogP) is 4.72. The van der Waals surface area contributed by atoms with E-state index in [4.69, 9.17) is 0 Å². The monoisotopic (exact) mass is 406 g/mol. The largest absolute Gasteiger partial charge is 0.265 e. The van der Waals surface area contributed by atoms with Crippen molar-refractivity contribution in [3.05, 3.63) is 88.6 Å². The van der Waals surface area contributed by atoms with Crippen LogP contribution in [-0.2, 0) is 21.9 Å². The molecule has 0 bridgehead atoms. The molecule has 4 nitrogen and oxygen atoms in total. The zero-order valence-electron chi connectivity index (χ0n) is 17.3. The van der Waals surface area contributed by atoms with E-state index < -0.39 is 10.0 Å². The van der Waals surface area contributed by atoms with E-state index >= 15 is 0 Å². The van der Waals surface area contributed by atoms with Gasteiger partial charge in [0, 0.05) is 23.7 Å². The first-order chi connectivity index (χ1) is 13.7. The lowest BCUT2D eigenvalue weighted by Gasteiger charge is -2.27. The van der Waals surface area contributed by atoms with Crippen LogP contribution in [0.5, 0.6) is 0 Å². The highest BCUT2D eigenvalue weighted by atomic mass is 32.2. The maximum absolute atomic E-state index is 13.5. The third-order valence-electron chi connectivity index (χ3n) is 6.07. The van der Waals surface area contributed by atoms with Crippen LogP contribution in [0.2, 0.25) is 0 Å². The number of aryl methyl sites for hydroxylation is 2. The average molecular weight is 407 g/mol. The van der Waals surface area contributed by atoms with Gasteiger partial charge in [0.25, 0.3) is 10.0 Å². The van der Waals surface area contributed by atoms with Gasteiger partial charge >= 0.3 is 0 Å². The molecule has 1 aliphatic rings. The van der Waals surface area contributed by atoms with Gasteiger partial charge in [0.2, 0.25) is 0 Å². The van der Waals surface area contributed by atoms with Crippen LogP contribution in [0.3, 0.4) is 0 Å². The lowest BCUT2D eigenvalue weighted by molar-refractivity contribution is 0.503. The van der Waals surface area contributed by atoms with Gasteiger partial charge in [-0.05, 0) is 62.1 Å². The first-order valence-corrected chi connectivity index (χ1v) is 11.3. The number of nitrogens with zero attached hydrogens (tertiary/aromatic N) is 2. The van der Waals surface area contributed by atoms with Crippen LogP contribution in [0.15, 0.2) is 65.7 Å². The molecule has 5 heteroatoms. The number of benzene rings is 2. The fourth-order valence-corrected chi connectivity index (χ4v) is 5.72. The molecule has 150 valence electrons. The molecule has 0 saturated carbocycles. The van der Waals surface area contributed by atoms with Crippen molar-refractivity contribution in [2.24, 2.45) is 0 Å². The number of anilines is 1. The topological polar surface area (TPSA) is 50.3 Å². The van der Waals surface area contributed by atoms with Gasteiger partial charge in [-0.25, -0.2) is 17.7 Å². The van der Waals surface area contributed by atoms with Crippen LogP contribution in [0.25, 0.3) is 0 Å². The number of fused-ring (bicyclic) bond motifs is 1. The Balaban J connectivity index is 1.78. The van der Waals surface area contributed by atoms with E-state index in [0.717, 1.165) is 17.5 Å². The SMILES string of the molecule is Cc1ccc(S(=O)(=O)N2C[C@@](C)(Cc3cccc(C)c3C)c3cccnc32)cc1. The fraction of sp³-hybridized carbons (Fsp3) is 0.292. The minimum absolute atomic E-state index is 0.302. The third kappa shape index (κ3) is 3.33. The van der Waals surface area contributed by atoms with E-state index in [-0.39, 0.29) is 5.41 Å². The first kappa shape index (κ1) is 19.6. The molecule has 29 heavy (non-hydrogen) atoms. The van der Waals surface area contributed by atoms with E-state index in [2.05, 4.69) is 44.0 Å². The molecular formula is C24H26N2O2S. The molecular weight excluding hydrogens is 380 g/mol. The van der Waals surface area contributed by atoms with Gasteiger partial charge in [0.1, 0.15) is 5.82 Å². The molecule has 3 aromatic rings. The second-order valence-corrected chi connectivity index (χ2v) is 10.2. The normalized spacial score (nSPS) is 18.7. The summed E-state index contributed by atoms with van der Waals surface area (Å²) in [6.45, 7) is 8.71. The van der Waals surface area contributed by atoms with Crippen LogP contribution in [0.1, 0.15) is 34.7 Å². The molecule has 1 aliphatic heterocycles. The van der Waals surface area contributed by atoms with Crippen molar-refractivity contribution in [2.45, 2.75) is 44.4 Å². The van der Waals surface area contributed by atoms with Crippen molar-refractivity contribution in [3.8, 4) is 0 Å². The van der Waals surface area contributed by atoms with Gasteiger partial charge in [-0.2, -0.15) is 0 Å². The Hall–Kier alpha value is -2.66. The minimum Gasteiger partial charge on any atom is -0.249 e. The van der Waals surface area contributed by atoms with E-state index in [1.54, 1.807) is 18.3 Å². The summed E-state index contributed by atoms with van der Waals surface area (Å²) in [6.07, 6.45) is 2.43. The van der Waals surface area contributed by atoms with Crippen LogP contribution < -0.4 is 4.31 Å². The molecule has 0 N–H and O–H groups in total. The molecule has 0 spiro atoms. The fourth-order valence-electron chi connectivity index (χ4n) is 4.15. The highest BCUT2D eigenvalue weighted by molar-refractivity contribution is 7.92. The van der Waals surface area contributed by atoms with Gasteiger partial charge in [0.05, 0.1) is 4.90 Å². The summed E-state index contributed by atoms with van der Waals surface area (Å²) in [4.78, 5) is 4.78. The van der Waals surface area contributed by atoms with Gasteiger partial charge in [0.15, 0.2) is 0 Å². The summed E-state index contributed by atoms with van der Waals surface area (Å²) in [6, 6.07) is 17.2. The summed E-state index contributed by atoms with van der Waals surface area (Å²) in [5.41, 5.74) is 5.43. The zero-order chi connectivity index (χ0) is 20.8. The van der Waals surface area contributed by atoms with Crippen molar-refractivity contribution in [2.75, 3.05) is 10.8 Å². The molecule has 0 saturated heterocycles. The first-order valence-electron chi connectivity index (χ1n) is 9.82. The number of hydrogen-bond donors (Lipinski definition) is 0. The number of aromatic nitrogens is 1. The standard InChI is InChI=1S/C24H26N2O2S/c1-17-10-12-21(13-11-17)29(27,28)26-16-24(4,22-9-6-14-25-23(22)26)15-20-8-5-7-18(2)19(20)3/h5-14H,15-16H2,1-4H3/t24-/m1/s1. The second kappa shape index (κ2) is 6.99. The van der Waals surface area contributed by atoms with Crippen LogP contribution in [0, 0.1) is 20.8 Å². The quantitative estimate of drug-likeness (QED) is 0.630. The number of hydrogen-bond acceptors (Lipinski definition) is 3. The van der Waals surface area contributed by atoms with Gasteiger partial charge in [-0.1, -0.05) is 48.9 Å². The van der Waals surface area contributed by atoms with Crippen molar-refractivity contribution in [1.29, 1.82) is 0 Å². The number of sulfonamides is 1. The molecule has 0 aliphatic carbocycles. The molecule has 2 heterocycles. The summed E-state index contributed by atoms with van der Waals surface area (Å²) in [5, 5.41) is 0. The molecule has 0 radical (unpaired) electrons. The van der Waals surface area contributed by atoms with Crippen molar-refractivity contribution in [1.82, 2.24) is 4.98 Å². The molecule has 1 aromatic heterocycles. The Bertz CT molecular complexity index is 1170. The third-order valence-corrected chi connectivity index (χ3v) is 7.82. The van der Waals surface area contributed by atoms with E-state index in [1.165, 1.54) is 21.0 Å². The molecule has 0 unspecified atom stereocenters. The molecule has 0 fully saturated rings. The molecule has 2 aromatic carbocycles. The Kier molecular flexibility index (Phi) is 4.74. The predicted molar refractivity (Wildman–Crippen MR) is 117 cm³/mol. The average Bonchev–Trinajstić information content (AvgIpc) is 3.00. The van der Waals surface area contributed by atoms with Crippen LogP contribution >= 0.6 is 0 Å². The van der Waals surface area contributed by atoms with Gasteiger partial charge < -0.3 is 0 Å². The summed E-state index contributed by atoms with van der Waals surface area (Å²) < 4.78 is 28.4. The Morgan fingerprint density at radius 3 is 2.45 bits per heavy atom. The summed E-state index contributed by atoms with van der Waals surface area (Å²) in [7, 11) is -3.68. The summed E-state index contributed by atoms with van der Waals surface area (Å²) >= 11 is 0. The van der Waals surface area contributed by atoms with Gasteiger partial charge in [-0.3, -0.25) is 0 Å². The van der Waals surface area contributed by atoms with E-state index in [1.807, 2.05) is 31.2 Å². The van der Waals surface area contributed by atoms with Crippen molar-refractivity contribution >= 4 is 15.8 Å². The lowest BCUT2D eigenvalue weighted by Crippen LogP contribution is -2.37. The maximum Gasteiger partial charge on any atom is 0.265 e. The summed E-state index contributed by atoms with van der Waals surface area (Å²) in [5.74, 6) is 0.542. The van der Waals surface area contributed by atoms with E-state index in [0.29, 0.717) is 17.3 Å². The van der Waals surface area contributed by atoms with E-state index in [9.17, 15) is 8.42 Å². The molecule has 0 amide bonds. The lowest BCUT2D eigenvalue weighted by atomic mass is 9.78. The zero-order valence-corrected chi connectivity index (χ0v) is 18.1. The van der Waals surface area contributed by atoms with Crippen molar-refractivity contribution in [3.63, 3.8) is 0 Å². The Morgan fingerprint density at radius 1 is 1.00 bits per heavy atom. The molecule has 1 atom stereocenters. The van der Waals surface area contributed by atoms with Crippen LogP contribution in [-0.4, -0.2) is 19.9 Å². The maximum atomic E-state index is 13.5. The Labute approximate surface area is 173 Å². The number of rotatable bonds is 4. The number of pyridine rings is 1.